The van der Waals surface area contributed by atoms with Crippen LogP contribution in [0.25, 0.3) is 0 Å². The monoisotopic (exact) mass is 435 g/mol. The maximum atomic E-state index is 12.8. The Hall–Kier alpha value is -2.25. The average Bonchev–Trinajstić information content (AvgIpc) is 2.96. The van der Waals surface area contributed by atoms with Gasteiger partial charge < -0.3 is 10.1 Å². The summed E-state index contributed by atoms with van der Waals surface area (Å²) < 4.78 is 54.2. The molecule has 1 atom stereocenters. The molecular formula is C15H21N3O8S2. The number of methoxy groups -OCH3 is 1. The SMILES string of the molecule is CCN(CC(=O)NC1CCS(=O)(=O)C1)S(=O)(=O)c1ccc(OC)c([N+](=O)[O-])c1. The summed E-state index contributed by atoms with van der Waals surface area (Å²) in [5.74, 6) is -0.936. The van der Waals surface area contributed by atoms with Gasteiger partial charge in [-0.3, -0.25) is 14.9 Å². The van der Waals surface area contributed by atoms with Gasteiger partial charge in [0.15, 0.2) is 15.6 Å². The Balaban J connectivity index is 2.19. The smallest absolute Gasteiger partial charge is 0.312 e. The Morgan fingerprint density at radius 2 is 2.11 bits per heavy atom. The number of likely N-dealkylation sites (N-methyl/N-ethyl adjacent to an activating group) is 1. The second kappa shape index (κ2) is 8.41. The minimum Gasteiger partial charge on any atom is -0.490 e. The van der Waals surface area contributed by atoms with Gasteiger partial charge in [-0.1, -0.05) is 6.92 Å². The van der Waals surface area contributed by atoms with E-state index in [1.165, 1.54) is 20.1 Å². The van der Waals surface area contributed by atoms with Crippen molar-refractivity contribution in [2.75, 3.05) is 31.7 Å². The fourth-order valence-electron chi connectivity index (χ4n) is 2.83. The molecule has 0 saturated carbocycles. The second-order valence-corrected chi connectivity index (χ2v) is 10.4. The fourth-order valence-corrected chi connectivity index (χ4v) is 5.93. The number of nitrogens with zero attached hydrogens (tertiary/aromatic N) is 2. The number of nitrogens with one attached hydrogen (secondary N) is 1. The van der Waals surface area contributed by atoms with Crippen molar-refractivity contribution < 1.29 is 31.3 Å². The van der Waals surface area contributed by atoms with Crippen molar-refractivity contribution >= 4 is 31.5 Å². The van der Waals surface area contributed by atoms with Gasteiger partial charge in [-0.2, -0.15) is 4.31 Å². The number of rotatable bonds is 8. The molecule has 1 aliphatic heterocycles. The van der Waals surface area contributed by atoms with Crippen LogP contribution in [0.4, 0.5) is 5.69 Å². The van der Waals surface area contributed by atoms with Crippen LogP contribution in [0.3, 0.4) is 0 Å². The number of benzene rings is 1. The molecule has 0 aromatic heterocycles. The van der Waals surface area contributed by atoms with Gasteiger partial charge in [-0.05, 0) is 18.6 Å². The van der Waals surface area contributed by atoms with Gasteiger partial charge in [0.25, 0.3) is 0 Å². The van der Waals surface area contributed by atoms with Crippen LogP contribution in [0.2, 0.25) is 0 Å². The van der Waals surface area contributed by atoms with E-state index in [4.69, 9.17) is 4.74 Å². The zero-order valence-corrected chi connectivity index (χ0v) is 17.0. The molecule has 1 amide bonds. The number of carbonyl (C=O) groups is 1. The van der Waals surface area contributed by atoms with Gasteiger partial charge in [0.1, 0.15) is 0 Å². The van der Waals surface area contributed by atoms with E-state index in [0.29, 0.717) is 0 Å². The van der Waals surface area contributed by atoms with Crippen LogP contribution in [0.15, 0.2) is 23.1 Å². The molecule has 1 aromatic rings. The van der Waals surface area contributed by atoms with Crippen molar-refractivity contribution in [2.45, 2.75) is 24.3 Å². The van der Waals surface area contributed by atoms with Crippen LogP contribution >= 0.6 is 0 Å². The highest BCUT2D eigenvalue weighted by molar-refractivity contribution is 7.91. The van der Waals surface area contributed by atoms with Crippen molar-refractivity contribution in [3.8, 4) is 5.75 Å². The van der Waals surface area contributed by atoms with Crippen LogP contribution in [0, 0.1) is 10.1 Å². The summed E-state index contributed by atoms with van der Waals surface area (Å²) in [6.45, 7) is 0.927. The van der Waals surface area contributed by atoms with Crippen molar-refractivity contribution in [3.63, 3.8) is 0 Å². The lowest BCUT2D eigenvalue weighted by atomic mass is 10.2. The van der Waals surface area contributed by atoms with Gasteiger partial charge in [-0.25, -0.2) is 16.8 Å². The zero-order valence-electron chi connectivity index (χ0n) is 15.3. The normalized spacial score (nSPS) is 18.8. The maximum Gasteiger partial charge on any atom is 0.312 e. The first-order chi connectivity index (χ1) is 13.0. The van der Waals surface area contributed by atoms with Gasteiger partial charge in [0.2, 0.25) is 15.9 Å². The van der Waals surface area contributed by atoms with Crippen LogP contribution in [-0.2, 0) is 24.7 Å². The Kier molecular flexibility index (Phi) is 6.62. The predicted octanol–water partition coefficient (Wildman–Crippen LogP) is -0.0827. The molecule has 28 heavy (non-hydrogen) atoms. The molecule has 1 saturated heterocycles. The van der Waals surface area contributed by atoms with E-state index in [1.54, 1.807) is 0 Å². The van der Waals surface area contributed by atoms with Crippen molar-refractivity contribution in [1.29, 1.82) is 0 Å². The first-order valence-corrected chi connectivity index (χ1v) is 11.6. The minimum absolute atomic E-state index is 0.0246. The highest BCUT2D eigenvalue weighted by atomic mass is 32.2. The number of ether oxygens (including phenoxy) is 1. The Bertz CT molecular complexity index is 975. The van der Waals surface area contributed by atoms with E-state index in [9.17, 15) is 31.7 Å². The molecule has 0 radical (unpaired) electrons. The number of carbonyl (C=O) groups excluding carboxylic acids is 1. The van der Waals surface area contributed by atoms with Gasteiger partial charge in [0, 0.05) is 18.7 Å². The Morgan fingerprint density at radius 1 is 1.43 bits per heavy atom. The Morgan fingerprint density at radius 3 is 2.61 bits per heavy atom. The predicted molar refractivity (Wildman–Crippen MR) is 99.3 cm³/mol. The molecular weight excluding hydrogens is 414 g/mol. The first-order valence-electron chi connectivity index (χ1n) is 8.32. The average molecular weight is 435 g/mol. The summed E-state index contributed by atoms with van der Waals surface area (Å²) in [5, 5.41) is 13.6. The number of hydrogen-bond acceptors (Lipinski definition) is 8. The molecule has 2 rings (SSSR count). The maximum absolute atomic E-state index is 12.8. The van der Waals surface area contributed by atoms with E-state index in [0.717, 1.165) is 16.4 Å². The molecule has 0 aliphatic carbocycles. The molecule has 1 fully saturated rings. The highest BCUT2D eigenvalue weighted by Gasteiger charge is 2.32. The number of hydrogen-bond donors (Lipinski definition) is 1. The van der Waals surface area contributed by atoms with Crippen LogP contribution in [0.5, 0.6) is 5.75 Å². The Labute approximate surface area is 162 Å². The quantitative estimate of drug-likeness (QED) is 0.439. The molecule has 0 bridgehead atoms. The summed E-state index contributed by atoms with van der Waals surface area (Å²) >= 11 is 0. The summed E-state index contributed by atoms with van der Waals surface area (Å²) in [6.07, 6.45) is 0.275. The number of nitro groups is 1. The lowest BCUT2D eigenvalue weighted by Gasteiger charge is -2.21. The molecule has 11 nitrogen and oxygen atoms in total. The summed E-state index contributed by atoms with van der Waals surface area (Å²) in [6, 6.07) is 2.65. The van der Waals surface area contributed by atoms with Crippen LogP contribution in [-0.4, -0.2) is 69.7 Å². The lowest BCUT2D eigenvalue weighted by molar-refractivity contribution is -0.386. The number of amides is 1. The molecule has 1 heterocycles. The van der Waals surface area contributed by atoms with Crippen molar-refractivity contribution in [3.05, 3.63) is 28.3 Å². The number of sulfone groups is 1. The highest BCUT2D eigenvalue weighted by Crippen LogP contribution is 2.30. The minimum atomic E-state index is -4.19. The largest absolute Gasteiger partial charge is 0.490 e. The first kappa shape index (κ1) is 22.0. The van der Waals surface area contributed by atoms with E-state index < -0.39 is 49.0 Å². The molecule has 0 spiro atoms. The van der Waals surface area contributed by atoms with Gasteiger partial charge in [0.05, 0.1) is 35.0 Å². The second-order valence-electron chi connectivity index (χ2n) is 6.19. The summed E-state index contributed by atoms with van der Waals surface area (Å²) in [7, 11) is -6.15. The summed E-state index contributed by atoms with van der Waals surface area (Å²) in [4.78, 5) is 22.2. The van der Waals surface area contributed by atoms with E-state index in [2.05, 4.69) is 5.32 Å². The third-order valence-electron chi connectivity index (χ3n) is 4.26. The van der Waals surface area contributed by atoms with E-state index >= 15 is 0 Å². The van der Waals surface area contributed by atoms with Crippen molar-refractivity contribution in [2.24, 2.45) is 0 Å². The van der Waals surface area contributed by atoms with Crippen LogP contribution in [0.1, 0.15) is 13.3 Å². The lowest BCUT2D eigenvalue weighted by Crippen LogP contribution is -2.44. The molecule has 1 aromatic carbocycles. The van der Waals surface area contributed by atoms with Gasteiger partial charge >= 0.3 is 5.69 Å². The number of sulfonamides is 1. The molecule has 1 unspecified atom stereocenters. The standard InChI is InChI=1S/C15H21N3O8S2/c1-3-17(9-15(19)16-11-6-7-27(22,23)10-11)28(24,25)12-4-5-14(26-2)13(8-12)18(20)21/h4-5,8,11H,3,6-7,9-10H2,1-2H3,(H,16,19). The topological polar surface area (TPSA) is 153 Å². The molecule has 156 valence electrons. The molecule has 13 heteroatoms. The van der Waals surface area contributed by atoms with E-state index in [-0.39, 0.29) is 35.1 Å². The van der Waals surface area contributed by atoms with E-state index in [1.807, 2.05) is 0 Å². The molecule has 1 N–H and O–H groups in total. The fraction of sp³-hybridized carbons (Fsp3) is 0.533. The zero-order chi connectivity index (χ0) is 21.1. The van der Waals surface area contributed by atoms with Gasteiger partial charge in [-0.15, -0.1) is 0 Å². The third kappa shape index (κ3) is 4.97. The van der Waals surface area contributed by atoms with Crippen molar-refractivity contribution in [1.82, 2.24) is 9.62 Å². The third-order valence-corrected chi connectivity index (χ3v) is 7.94. The number of nitro benzene ring substituents is 1. The summed E-state index contributed by atoms with van der Waals surface area (Å²) in [5.41, 5.74) is -0.514. The van der Waals surface area contributed by atoms with Crippen LogP contribution < -0.4 is 10.1 Å². The molecule has 1 aliphatic rings.